The zero-order valence-corrected chi connectivity index (χ0v) is 16.0. The smallest absolute Gasteiger partial charge is 0.225 e. The molecule has 2 aromatic rings. The quantitative estimate of drug-likeness (QED) is 0.444. The van der Waals surface area contributed by atoms with E-state index in [0.717, 1.165) is 69.8 Å². The summed E-state index contributed by atoms with van der Waals surface area (Å²) in [6.07, 6.45) is 4.59. The lowest BCUT2D eigenvalue weighted by molar-refractivity contribution is 0.370. The van der Waals surface area contributed by atoms with E-state index in [2.05, 4.69) is 49.5 Å². The Balaban J connectivity index is 1.45. The lowest BCUT2D eigenvalue weighted by Crippen LogP contribution is -2.53. The van der Waals surface area contributed by atoms with Gasteiger partial charge in [0.25, 0.3) is 0 Å². The predicted molar refractivity (Wildman–Crippen MR) is 111 cm³/mol. The third-order valence-electron chi connectivity index (χ3n) is 4.45. The molecule has 0 unspecified atom stereocenters. The van der Waals surface area contributed by atoms with Crippen molar-refractivity contribution in [3.8, 4) is 0 Å². The van der Waals surface area contributed by atoms with Gasteiger partial charge in [-0.3, -0.25) is 4.99 Å². The molecule has 2 heterocycles. The summed E-state index contributed by atoms with van der Waals surface area (Å²) in [5.41, 5.74) is 1.16. The zero-order valence-electron chi connectivity index (χ0n) is 16.0. The van der Waals surface area contributed by atoms with Gasteiger partial charge in [-0.05, 0) is 31.5 Å². The van der Waals surface area contributed by atoms with Gasteiger partial charge >= 0.3 is 0 Å². The van der Waals surface area contributed by atoms with Crippen LogP contribution in [0.15, 0.2) is 53.8 Å². The minimum atomic E-state index is 0.810. The summed E-state index contributed by atoms with van der Waals surface area (Å²) in [4.78, 5) is 18.1. The van der Waals surface area contributed by atoms with Crippen molar-refractivity contribution in [1.29, 1.82) is 0 Å². The summed E-state index contributed by atoms with van der Waals surface area (Å²) in [5.74, 6) is 1.82. The molecule has 0 bridgehead atoms. The molecule has 0 saturated carbocycles. The summed E-state index contributed by atoms with van der Waals surface area (Å²) in [7, 11) is 0. The van der Waals surface area contributed by atoms with E-state index in [4.69, 9.17) is 4.99 Å². The average Bonchev–Trinajstić information content (AvgIpc) is 2.74. The van der Waals surface area contributed by atoms with Gasteiger partial charge in [0.15, 0.2) is 5.96 Å². The summed E-state index contributed by atoms with van der Waals surface area (Å²) >= 11 is 0. The number of aliphatic imine (C=N–C) groups is 1. The lowest BCUT2D eigenvalue weighted by Gasteiger charge is -2.36. The number of nitrogens with one attached hydrogen (secondary N) is 2. The number of benzene rings is 1. The van der Waals surface area contributed by atoms with E-state index < -0.39 is 0 Å². The minimum absolute atomic E-state index is 0.810. The van der Waals surface area contributed by atoms with Crippen LogP contribution in [0.2, 0.25) is 0 Å². The summed E-state index contributed by atoms with van der Waals surface area (Å²) in [5, 5.41) is 6.85. The van der Waals surface area contributed by atoms with Crippen molar-refractivity contribution in [3.63, 3.8) is 0 Å². The largest absolute Gasteiger partial charge is 0.385 e. The summed E-state index contributed by atoms with van der Waals surface area (Å²) < 4.78 is 0. The van der Waals surface area contributed by atoms with Crippen molar-refractivity contribution >= 4 is 17.6 Å². The molecule has 0 atom stereocenters. The van der Waals surface area contributed by atoms with E-state index in [1.54, 1.807) is 12.4 Å². The molecule has 1 saturated heterocycles. The van der Waals surface area contributed by atoms with Crippen molar-refractivity contribution in [3.05, 3.63) is 48.8 Å². The Hall–Kier alpha value is -2.83. The van der Waals surface area contributed by atoms with Crippen LogP contribution in [0.1, 0.15) is 13.3 Å². The van der Waals surface area contributed by atoms with E-state index in [0.29, 0.717) is 0 Å². The maximum Gasteiger partial charge on any atom is 0.225 e. The second-order valence-electron chi connectivity index (χ2n) is 6.40. The fourth-order valence-electron chi connectivity index (χ4n) is 3.05. The van der Waals surface area contributed by atoms with E-state index in [1.807, 2.05) is 24.3 Å². The van der Waals surface area contributed by atoms with Gasteiger partial charge in [-0.1, -0.05) is 18.2 Å². The molecule has 0 amide bonds. The number of rotatable bonds is 7. The van der Waals surface area contributed by atoms with Crippen molar-refractivity contribution in [2.45, 2.75) is 13.3 Å². The van der Waals surface area contributed by atoms with Crippen LogP contribution in [0.5, 0.6) is 0 Å². The van der Waals surface area contributed by atoms with Crippen LogP contribution in [0.3, 0.4) is 0 Å². The van der Waals surface area contributed by atoms with Crippen LogP contribution in [-0.4, -0.2) is 66.6 Å². The number of guanidine groups is 1. The Kier molecular flexibility index (Phi) is 7.26. The van der Waals surface area contributed by atoms with Crippen LogP contribution >= 0.6 is 0 Å². The molecule has 0 radical (unpaired) electrons. The Morgan fingerprint density at radius 2 is 1.78 bits per heavy atom. The van der Waals surface area contributed by atoms with Crippen molar-refractivity contribution < 1.29 is 0 Å². The zero-order chi connectivity index (χ0) is 18.7. The van der Waals surface area contributed by atoms with Gasteiger partial charge in [-0.2, -0.15) is 0 Å². The van der Waals surface area contributed by atoms with E-state index in [1.165, 1.54) is 0 Å². The van der Waals surface area contributed by atoms with E-state index in [9.17, 15) is 0 Å². The highest BCUT2D eigenvalue weighted by Gasteiger charge is 2.20. The van der Waals surface area contributed by atoms with E-state index in [-0.39, 0.29) is 0 Å². The molecule has 2 N–H and O–H groups in total. The fraction of sp³-hybridized carbons (Fsp3) is 0.450. The number of anilines is 2. The topological polar surface area (TPSA) is 68.7 Å². The number of piperazine rings is 1. The van der Waals surface area contributed by atoms with Gasteiger partial charge in [0.05, 0.1) is 0 Å². The molecule has 144 valence electrons. The molecular formula is C20H29N7. The number of hydrogen-bond acceptors (Lipinski definition) is 5. The monoisotopic (exact) mass is 367 g/mol. The fourth-order valence-corrected chi connectivity index (χ4v) is 3.05. The Labute approximate surface area is 161 Å². The number of nitrogens with zero attached hydrogens (tertiary/aromatic N) is 5. The molecule has 1 aliphatic rings. The molecule has 7 nitrogen and oxygen atoms in total. The predicted octanol–water partition coefficient (Wildman–Crippen LogP) is 2.07. The molecule has 1 aromatic heterocycles. The second kappa shape index (κ2) is 10.4. The van der Waals surface area contributed by atoms with Gasteiger partial charge < -0.3 is 20.4 Å². The molecule has 7 heteroatoms. The molecule has 1 fully saturated rings. The highest BCUT2D eigenvalue weighted by atomic mass is 15.4. The van der Waals surface area contributed by atoms with Crippen LogP contribution in [0.4, 0.5) is 11.6 Å². The third-order valence-corrected chi connectivity index (χ3v) is 4.45. The molecule has 27 heavy (non-hydrogen) atoms. The van der Waals surface area contributed by atoms with Crippen molar-refractivity contribution in [2.75, 3.05) is 56.0 Å². The standard InChI is InChI=1S/C20H29N7/c1-2-21-19(23-11-6-10-22-18-8-4-3-5-9-18)26-14-16-27(17-15-26)20-24-12-7-13-25-20/h3-5,7-9,12-13,22H,2,6,10-11,14-17H2,1H3,(H,21,23). The Morgan fingerprint density at radius 1 is 1.04 bits per heavy atom. The maximum absolute atomic E-state index is 4.81. The first kappa shape index (κ1) is 18.9. The Morgan fingerprint density at radius 3 is 2.48 bits per heavy atom. The van der Waals surface area contributed by atoms with Gasteiger partial charge in [0.2, 0.25) is 5.95 Å². The second-order valence-corrected chi connectivity index (χ2v) is 6.40. The van der Waals surface area contributed by atoms with Crippen LogP contribution < -0.4 is 15.5 Å². The lowest BCUT2D eigenvalue weighted by atomic mass is 10.3. The third kappa shape index (κ3) is 5.84. The average molecular weight is 368 g/mol. The first-order valence-corrected chi connectivity index (χ1v) is 9.71. The number of para-hydroxylation sites is 1. The van der Waals surface area contributed by atoms with Crippen LogP contribution in [0.25, 0.3) is 0 Å². The summed E-state index contributed by atoms with van der Waals surface area (Å²) in [6, 6.07) is 12.1. The molecule has 0 spiro atoms. The minimum Gasteiger partial charge on any atom is -0.385 e. The highest BCUT2D eigenvalue weighted by Crippen LogP contribution is 2.10. The maximum atomic E-state index is 4.81. The molecule has 1 aliphatic heterocycles. The van der Waals surface area contributed by atoms with Crippen LogP contribution in [0, 0.1) is 0 Å². The van der Waals surface area contributed by atoms with Gasteiger partial charge in [-0.15, -0.1) is 0 Å². The highest BCUT2D eigenvalue weighted by molar-refractivity contribution is 5.80. The van der Waals surface area contributed by atoms with Gasteiger partial charge in [0.1, 0.15) is 0 Å². The van der Waals surface area contributed by atoms with Crippen LogP contribution in [-0.2, 0) is 0 Å². The number of hydrogen-bond donors (Lipinski definition) is 2. The molecule has 0 aliphatic carbocycles. The molecular weight excluding hydrogens is 338 g/mol. The SMILES string of the molecule is CCNC(=NCCCNc1ccccc1)N1CCN(c2ncccn2)CC1. The first-order chi connectivity index (χ1) is 13.4. The van der Waals surface area contributed by atoms with E-state index >= 15 is 0 Å². The molecule has 3 rings (SSSR count). The first-order valence-electron chi connectivity index (χ1n) is 9.71. The van der Waals surface area contributed by atoms with Crippen molar-refractivity contribution in [1.82, 2.24) is 20.2 Å². The number of aromatic nitrogens is 2. The van der Waals surface area contributed by atoms with Crippen molar-refractivity contribution in [2.24, 2.45) is 4.99 Å². The van der Waals surface area contributed by atoms with Gasteiger partial charge in [-0.25, -0.2) is 9.97 Å². The normalized spacial score (nSPS) is 14.9. The summed E-state index contributed by atoms with van der Waals surface area (Å²) in [6.45, 7) is 8.38. The Bertz CT molecular complexity index is 682. The molecule has 1 aromatic carbocycles. The van der Waals surface area contributed by atoms with Gasteiger partial charge in [0, 0.05) is 63.9 Å².